The van der Waals surface area contributed by atoms with Crippen molar-refractivity contribution in [2.75, 3.05) is 38.6 Å². The molecule has 5 rings (SSSR count). The minimum absolute atomic E-state index is 0.120. The summed E-state index contributed by atoms with van der Waals surface area (Å²) in [4.78, 5) is 39.5. The van der Waals surface area contributed by atoms with E-state index in [4.69, 9.17) is 9.15 Å². The summed E-state index contributed by atoms with van der Waals surface area (Å²) in [7, 11) is 1.31. The molecule has 1 saturated heterocycles. The molecule has 0 saturated carbocycles. The van der Waals surface area contributed by atoms with Crippen LogP contribution in [0, 0.1) is 0 Å². The first-order valence-electron chi connectivity index (χ1n) is 12.0. The molecule has 0 unspecified atom stereocenters. The van der Waals surface area contributed by atoms with Gasteiger partial charge in [-0.1, -0.05) is 12.1 Å². The van der Waals surface area contributed by atoms with Crippen LogP contribution in [0.3, 0.4) is 0 Å². The fraction of sp³-hybridized carbons (Fsp3) is 0.250. The van der Waals surface area contributed by atoms with Crippen molar-refractivity contribution in [1.29, 1.82) is 0 Å². The predicted molar refractivity (Wildman–Crippen MR) is 136 cm³/mol. The molecule has 8 heteroatoms. The van der Waals surface area contributed by atoms with Crippen LogP contribution < -0.4 is 10.6 Å². The molecule has 0 spiro atoms. The van der Waals surface area contributed by atoms with Crippen molar-refractivity contribution in [3.63, 3.8) is 0 Å². The largest absolute Gasteiger partial charge is 0.465 e. The highest BCUT2D eigenvalue weighted by molar-refractivity contribution is 6.35. The van der Waals surface area contributed by atoms with Crippen LogP contribution in [0.15, 0.2) is 59.0 Å². The quantitative estimate of drug-likeness (QED) is 0.387. The summed E-state index contributed by atoms with van der Waals surface area (Å²) < 4.78 is 10.8. The van der Waals surface area contributed by atoms with Gasteiger partial charge in [-0.25, -0.2) is 4.79 Å². The topological polar surface area (TPSA) is 101 Å². The molecule has 1 fully saturated rings. The van der Waals surface area contributed by atoms with Gasteiger partial charge in [-0.15, -0.1) is 0 Å². The maximum absolute atomic E-state index is 12.6. The normalized spacial score (nSPS) is 16.1. The molecule has 0 aliphatic carbocycles. The zero-order chi connectivity index (χ0) is 25.1. The summed E-state index contributed by atoms with van der Waals surface area (Å²) in [5, 5.41) is 5.79. The lowest BCUT2D eigenvalue weighted by atomic mass is 10.0. The van der Waals surface area contributed by atoms with Crippen LogP contribution >= 0.6 is 0 Å². The third kappa shape index (κ3) is 4.94. The van der Waals surface area contributed by atoms with Crippen molar-refractivity contribution in [1.82, 2.24) is 10.2 Å². The van der Waals surface area contributed by atoms with Crippen LogP contribution in [0.4, 0.5) is 5.69 Å². The summed E-state index contributed by atoms with van der Waals surface area (Å²) in [6.07, 6.45) is 4.09. The van der Waals surface area contributed by atoms with Crippen molar-refractivity contribution in [3.8, 4) is 11.3 Å². The molecule has 0 atom stereocenters. The maximum Gasteiger partial charge on any atom is 0.337 e. The average Bonchev–Trinajstić information content (AvgIpc) is 3.65. The van der Waals surface area contributed by atoms with Crippen LogP contribution in [0.5, 0.6) is 0 Å². The van der Waals surface area contributed by atoms with Gasteiger partial charge in [0, 0.05) is 35.5 Å². The van der Waals surface area contributed by atoms with Gasteiger partial charge in [0.2, 0.25) is 0 Å². The van der Waals surface area contributed by atoms with E-state index in [9.17, 15) is 14.4 Å². The molecule has 2 N–H and O–H groups in total. The third-order valence-electron chi connectivity index (χ3n) is 6.46. The van der Waals surface area contributed by atoms with Crippen LogP contribution in [0.1, 0.15) is 44.9 Å². The van der Waals surface area contributed by atoms with Gasteiger partial charge >= 0.3 is 5.97 Å². The minimum atomic E-state index is -0.475. The molecule has 2 aliphatic heterocycles. The number of carbonyl (C=O) groups is 3. The third-order valence-corrected chi connectivity index (χ3v) is 6.46. The van der Waals surface area contributed by atoms with Crippen molar-refractivity contribution in [2.45, 2.75) is 12.8 Å². The van der Waals surface area contributed by atoms with E-state index in [2.05, 4.69) is 15.5 Å². The number of rotatable bonds is 7. The van der Waals surface area contributed by atoms with E-state index < -0.39 is 5.97 Å². The number of furan rings is 1. The Balaban J connectivity index is 1.32. The number of nitrogens with one attached hydrogen (secondary N) is 2. The number of hydrogen-bond acceptors (Lipinski definition) is 6. The maximum atomic E-state index is 12.6. The molecule has 2 amide bonds. The monoisotopic (exact) mass is 485 g/mol. The molecule has 8 nitrogen and oxygen atoms in total. The highest BCUT2D eigenvalue weighted by atomic mass is 16.5. The standard InChI is InChI=1S/C28H27N3O5/c1-35-28(34)20-7-9-24-22(16-20)23(27(33)30-24)17-21-8-10-25(36-21)18-5-4-6-19(15-18)26(32)29-11-14-31-12-2-3-13-31/h4-10,15-17H,2-3,11-14H2,1H3,(H,29,32)(H,30,33)/b23-17+. The highest BCUT2D eigenvalue weighted by Crippen LogP contribution is 2.35. The minimum Gasteiger partial charge on any atom is -0.465 e. The fourth-order valence-electron chi connectivity index (χ4n) is 4.55. The van der Waals surface area contributed by atoms with E-state index in [1.165, 1.54) is 20.0 Å². The lowest BCUT2D eigenvalue weighted by Crippen LogP contribution is -2.33. The van der Waals surface area contributed by atoms with Crippen molar-refractivity contribution in [2.24, 2.45) is 0 Å². The molecule has 36 heavy (non-hydrogen) atoms. The molecular weight excluding hydrogens is 458 g/mol. The number of amides is 2. The molecule has 184 valence electrons. The van der Waals surface area contributed by atoms with Gasteiger partial charge in [0.05, 0.1) is 18.2 Å². The zero-order valence-corrected chi connectivity index (χ0v) is 20.0. The first kappa shape index (κ1) is 23.6. The second-order valence-corrected chi connectivity index (χ2v) is 8.85. The molecule has 1 aromatic heterocycles. The Morgan fingerprint density at radius 2 is 1.92 bits per heavy atom. The van der Waals surface area contributed by atoms with Crippen molar-refractivity contribution in [3.05, 3.63) is 77.0 Å². The van der Waals surface area contributed by atoms with E-state index in [1.807, 2.05) is 12.1 Å². The lowest BCUT2D eigenvalue weighted by molar-refractivity contribution is -0.110. The van der Waals surface area contributed by atoms with Gasteiger partial charge in [-0.3, -0.25) is 9.59 Å². The number of fused-ring (bicyclic) bond motifs is 1. The van der Waals surface area contributed by atoms with Gasteiger partial charge in [0.1, 0.15) is 11.5 Å². The summed E-state index contributed by atoms with van der Waals surface area (Å²) >= 11 is 0. The van der Waals surface area contributed by atoms with Gasteiger partial charge in [0.15, 0.2) is 0 Å². The molecule has 0 radical (unpaired) electrons. The number of carbonyl (C=O) groups excluding carboxylic acids is 3. The van der Waals surface area contributed by atoms with Crippen LogP contribution in [0.25, 0.3) is 23.0 Å². The van der Waals surface area contributed by atoms with E-state index in [0.717, 1.165) is 25.2 Å². The summed E-state index contributed by atoms with van der Waals surface area (Å²) in [6.45, 7) is 3.67. The Labute approximate surface area is 208 Å². The number of anilines is 1. The Kier molecular flexibility index (Phi) is 6.69. The first-order valence-corrected chi connectivity index (χ1v) is 12.0. The SMILES string of the molecule is COC(=O)c1ccc2c(c1)/C(=C\c1ccc(-c3cccc(C(=O)NCCN4CCCC4)c3)o1)C(=O)N2. The predicted octanol–water partition coefficient (Wildman–Crippen LogP) is 4.05. The van der Waals surface area contributed by atoms with Gasteiger partial charge in [0.25, 0.3) is 11.8 Å². The zero-order valence-electron chi connectivity index (χ0n) is 20.0. The van der Waals surface area contributed by atoms with Crippen LogP contribution in [-0.4, -0.2) is 56.0 Å². The molecule has 2 aromatic carbocycles. The lowest BCUT2D eigenvalue weighted by Gasteiger charge is -2.14. The van der Waals surface area contributed by atoms with Gasteiger partial charge in [-0.05, 0) is 74.5 Å². The van der Waals surface area contributed by atoms with Crippen molar-refractivity contribution >= 4 is 35.1 Å². The Bertz CT molecular complexity index is 1350. The number of nitrogens with zero attached hydrogens (tertiary/aromatic N) is 1. The summed E-state index contributed by atoms with van der Waals surface area (Å²) in [5.74, 6) is 0.183. The Morgan fingerprint density at radius 3 is 2.72 bits per heavy atom. The number of hydrogen-bond donors (Lipinski definition) is 2. The Morgan fingerprint density at radius 1 is 1.08 bits per heavy atom. The van der Waals surface area contributed by atoms with E-state index in [0.29, 0.717) is 46.0 Å². The number of ether oxygens (including phenoxy) is 1. The number of likely N-dealkylation sites (tertiary alicyclic amines) is 1. The summed E-state index contributed by atoms with van der Waals surface area (Å²) in [5.41, 5.74) is 3.29. The van der Waals surface area contributed by atoms with Crippen molar-refractivity contribution < 1.29 is 23.5 Å². The van der Waals surface area contributed by atoms with E-state index in [-0.39, 0.29) is 11.8 Å². The molecule has 3 aromatic rings. The second kappa shape index (κ2) is 10.2. The van der Waals surface area contributed by atoms with Gasteiger partial charge in [-0.2, -0.15) is 0 Å². The number of benzene rings is 2. The van der Waals surface area contributed by atoms with Crippen LogP contribution in [-0.2, 0) is 9.53 Å². The average molecular weight is 486 g/mol. The van der Waals surface area contributed by atoms with E-state index in [1.54, 1.807) is 48.5 Å². The van der Waals surface area contributed by atoms with Crippen LogP contribution in [0.2, 0.25) is 0 Å². The molecule has 3 heterocycles. The molecular formula is C28H27N3O5. The number of esters is 1. The Hall–Kier alpha value is -4.17. The number of methoxy groups -OCH3 is 1. The molecule has 0 bridgehead atoms. The molecule has 2 aliphatic rings. The van der Waals surface area contributed by atoms with Gasteiger partial charge < -0.3 is 24.7 Å². The first-order chi connectivity index (χ1) is 17.5. The van der Waals surface area contributed by atoms with E-state index >= 15 is 0 Å². The fourth-order valence-corrected chi connectivity index (χ4v) is 4.55. The smallest absolute Gasteiger partial charge is 0.337 e. The highest BCUT2D eigenvalue weighted by Gasteiger charge is 2.26. The summed E-state index contributed by atoms with van der Waals surface area (Å²) in [6, 6.07) is 15.7. The second-order valence-electron chi connectivity index (χ2n) is 8.85.